The third-order valence-corrected chi connectivity index (χ3v) is 5.10. The van der Waals surface area contributed by atoms with Gasteiger partial charge in [0, 0.05) is 12.6 Å². The molecule has 7 nitrogen and oxygen atoms in total. The number of esters is 1. The predicted octanol–water partition coefficient (Wildman–Crippen LogP) is 3.05. The molecule has 1 aliphatic rings. The zero-order chi connectivity index (χ0) is 21.3. The largest absolute Gasteiger partial charge is 0.459 e. The van der Waals surface area contributed by atoms with Crippen LogP contribution >= 0.6 is 0 Å². The maximum absolute atomic E-state index is 13.2. The van der Waals surface area contributed by atoms with Crippen molar-refractivity contribution in [2.45, 2.75) is 44.7 Å². The summed E-state index contributed by atoms with van der Waals surface area (Å²) in [4.78, 5) is 38.2. The molecule has 1 aromatic heterocycles. The number of hydrogen-bond donors (Lipinski definition) is 1. The van der Waals surface area contributed by atoms with E-state index < -0.39 is 18.5 Å². The summed E-state index contributed by atoms with van der Waals surface area (Å²) in [6, 6.07) is 9.12. The number of ether oxygens (including phenoxy) is 1. The summed E-state index contributed by atoms with van der Waals surface area (Å²) in [7, 11) is 0. The first-order valence-electron chi connectivity index (χ1n) is 10.0. The van der Waals surface area contributed by atoms with E-state index in [9.17, 15) is 18.8 Å². The van der Waals surface area contributed by atoms with Crippen molar-refractivity contribution < 1.29 is 27.9 Å². The number of hydrogen-bond acceptors (Lipinski definition) is 5. The third kappa shape index (κ3) is 6.17. The van der Waals surface area contributed by atoms with Crippen LogP contribution in [0.25, 0.3) is 0 Å². The van der Waals surface area contributed by atoms with Crippen molar-refractivity contribution in [2.75, 3.05) is 13.2 Å². The molecule has 1 N–H and O–H groups in total. The molecule has 0 radical (unpaired) electrons. The predicted molar refractivity (Wildman–Crippen MR) is 106 cm³/mol. The molecule has 8 heteroatoms. The van der Waals surface area contributed by atoms with Crippen LogP contribution in [0.1, 0.15) is 48.2 Å². The second kappa shape index (κ2) is 10.6. The molecule has 160 valence electrons. The fourth-order valence-corrected chi connectivity index (χ4v) is 3.52. The lowest BCUT2D eigenvalue weighted by Crippen LogP contribution is -2.43. The van der Waals surface area contributed by atoms with Gasteiger partial charge in [0.15, 0.2) is 12.4 Å². The molecule has 0 unspecified atom stereocenters. The van der Waals surface area contributed by atoms with E-state index in [1.807, 2.05) is 0 Å². The minimum atomic E-state index is -0.714. The maximum Gasteiger partial charge on any atom is 0.325 e. The van der Waals surface area contributed by atoms with Gasteiger partial charge in [-0.1, -0.05) is 31.4 Å². The van der Waals surface area contributed by atoms with Gasteiger partial charge in [-0.3, -0.25) is 14.4 Å². The molecule has 0 spiro atoms. The molecule has 1 heterocycles. The van der Waals surface area contributed by atoms with E-state index in [4.69, 9.17) is 9.15 Å². The Labute approximate surface area is 174 Å². The van der Waals surface area contributed by atoms with Gasteiger partial charge in [-0.05, 0) is 42.7 Å². The van der Waals surface area contributed by atoms with Crippen LogP contribution < -0.4 is 5.32 Å². The Balaban J connectivity index is 1.53. The molecule has 30 heavy (non-hydrogen) atoms. The molecule has 0 saturated heterocycles. The van der Waals surface area contributed by atoms with E-state index in [2.05, 4.69) is 5.32 Å². The highest BCUT2D eigenvalue weighted by molar-refractivity contribution is 5.93. The van der Waals surface area contributed by atoms with E-state index in [-0.39, 0.29) is 30.1 Å². The first-order chi connectivity index (χ1) is 14.5. The number of amides is 2. The highest BCUT2D eigenvalue weighted by Crippen LogP contribution is 2.24. The number of benzene rings is 1. The van der Waals surface area contributed by atoms with E-state index in [0.29, 0.717) is 6.54 Å². The Kier molecular flexibility index (Phi) is 7.59. The minimum absolute atomic E-state index is 0.0636. The van der Waals surface area contributed by atoms with Gasteiger partial charge in [0.2, 0.25) is 0 Å². The van der Waals surface area contributed by atoms with E-state index in [1.165, 1.54) is 24.5 Å². The smallest absolute Gasteiger partial charge is 0.325 e. The van der Waals surface area contributed by atoms with Crippen molar-refractivity contribution in [1.82, 2.24) is 10.2 Å². The van der Waals surface area contributed by atoms with Crippen molar-refractivity contribution in [2.24, 2.45) is 0 Å². The van der Waals surface area contributed by atoms with Crippen LogP contribution in [0.5, 0.6) is 0 Å². The Morgan fingerprint density at radius 2 is 1.83 bits per heavy atom. The number of nitrogens with zero attached hydrogens (tertiary/aromatic N) is 1. The average molecular weight is 416 g/mol. The van der Waals surface area contributed by atoms with Crippen LogP contribution in [-0.2, 0) is 20.9 Å². The zero-order valence-electron chi connectivity index (χ0n) is 16.6. The van der Waals surface area contributed by atoms with Gasteiger partial charge in [0.25, 0.3) is 11.8 Å². The van der Waals surface area contributed by atoms with Crippen molar-refractivity contribution in [3.63, 3.8) is 0 Å². The Morgan fingerprint density at radius 3 is 2.50 bits per heavy atom. The van der Waals surface area contributed by atoms with Gasteiger partial charge in [-0.15, -0.1) is 0 Å². The third-order valence-electron chi connectivity index (χ3n) is 5.10. The monoisotopic (exact) mass is 416 g/mol. The number of halogens is 1. The maximum atomic E-state index is 13.2. The summed E-state index contributed by atoms with van der Waals surface area (Å²) in [6.45, 7) is -0.447. The van der Waals surface area contributed by atoms with Crippen LogP contribution in [0, 0.1) is 5.82 Å². The van der Waals surface area contributed by atoms with E-state index >= 15 is 0 Å². The number of carbonyl (C=O) groups excluding carboxylic acids is 3. The lowest BCUT2D eigenvalue weighted by molar-refractivity contribution is -0.152. The second-order valence-electron chi connectivity index (χ2n) is 7.26. The van der Waals surface area contributed by atoms with Crippen molar-refractivity contribution in [3.05, 3.63) is 59.8 Å². The first-order valence-corrected chi connectivity index (χ1v) is 10.0. The van der Waals surface area contributed by atoms with Crippen LogP contribution in [0.4, 0.5) is 4.39 Å². The topological polar surface area (TPSA) is 88.9 Å². The van der Waals surface area contributed by atoms with Gasteiger partial charge >= 0.3 is 5.97 Å². The van der Waals surface area contributed by atoms with Gasteiger partial charge in [0.1, 0.15) is 12.4 Å². The van der Waals surface area contributed by atoms with E-state index in [1.54, 1.807) is 23.1 Å². The molecule has 1 saturated carbocycles. The summed E-state index contributed by atoms with van der Waals surface area (Å²) in [5, 5.41) is 2.38. The number of nitrogens with one attached hydrogen (secondary N) is 1. The van der Waals surface area contributed by atoms with Crippen molar-refractivity contribution >= 4 is 17.8 Å². The summed E-state index contributed by atoms with van der Waals surface area (Å²) in [5.41, 5.74) is 0.812. The van der Waals surface area contributed by atoms with Gasteiger partial charge < -0.3 is 19.4 Å². The lowest BCUT2D eigenvalue weighted by atomic mass is 9.93. The Morgan fingerprint density at radius 1 is 1.10 bits per heavy atom. The average Bonchev–Trinajstić information content (AvgIpc) is 3.31. The fraction of sp³-hybridized carbons (Fsp3) is 0.409. The van der Waals surface area contributed by atoms with Crippen LogP contribution in [-0.4, -0.2) is 41.9 Å². The zero-order valence-corrected chi connectivity index (χ0v) is 16.6. The SMILES string of the molecule is O=C(CNC(=O)c1ccco1)OCC(=O)N(Cc1ccc(F)cc1)C1CCCCC1. The van der Waals surface area contributed by atoms with Crippen LogP contribution in [0.3, 0.4) is 0 Å². The van der Waals surface area contributed by atoms with Crippen molar-refractivity contribution in [3.8, 4) is 0 Å². The molecular weight excluding hydrogens is 391 g/mol. The molecular formula is C22H25FN2O5. The molecule has 0 atom stereocenters. The van der Waals surface area contributed by atoms with Crippen LogP contribution in [0.2, 0.25) is 0 Å². The highest BCUT2D eigenvalue weighted by Gasteiger charge is 2.26. The Hall–Kier alpha value is -3.16. The molecule has 2 aromatic rings. The summed E-state index contributed by atoms with van der Waals surface area (Å²) < 4.78 is 23.2. The first kappa shape index (κ1) is 21.5. The summed E-state index contributed by atoms with van der Waals surface area (Å²) in [6.07, 6.45) is 6.35. The molecule has 2 amide bonds. The van der Waals surface area contributed by atoms with Crippen LogP contribution in [0.15, 0.2) is 47.1 Å². The number of carbonyl (C=O) groups is 3. The van der Waals surface area contributed by atoms with Gasteiger partial charge in [-0.25, -0.2) is 4.39 Å². The summed E-state index contributed by atoms with van der Waals surface area (Å²) in [5.74, 6) is -1.81. The molecule has 0 aliphatic heterocycles. The summed E-state index contributed by atoms with van der Waals surface area (Å²) >= 11 is 0. The molecule has 1 fully saturated rings. The molecule has 0 bridgehead atoms. The molecule has 1 aliphatic carbocycles. The van der Waals surface area contributed by atoms with E-state index in [0.717, 1.165) is 37.7 Å². The van der Waals surface area contributed by atoms with Gasteiger partial charge in [-0.2, -0.15) is 0 Å². The second-order valence-corrected chi connectivity index (χ2v) is 7.26. The lowest BCUT2D eigenvalue weighted by Gasteiger charge is -2.34. The number of furan rings is 1. The highest BCUT2D eigenvalue weighted by atomic mass is 19.1. The van der Waals surface area contributed by atoms with Gasteiger partial charge in [0.05, 0.1) is 6.26 Å². The normalized spacial score (nSPS) is 14.2. The molecule has 3 rings (SSSR count). The minimum Gasteiger partial charge on any atom is -0.459 e. The number of rotatable bonds is 8. The fourth-order valence-electron chi connectivity index (χ4n) is 3.52. The molecule has 1 aromatic carbocycles. The van der Waals surface area contributed by atoms with Crippen molar-refractivity contribution in [1.29, 1.82) is 0 Å². The standard InChI is InChI=1S/C22H25FN2O5/c23-17-10-8-16(9-11-17)14-25(18-5-2-1-3-6-18)20(26)15-30-21(27)13-24-22(28)19-7-4-12-29-19/h4,7-12,18H,1-3,5-6,13-15H2,(H,24,28). The Bertz CT molecular complexity index is 845. The quantitative estimate of drug-likeness (QED) is 0.668.